The number of carbonyl (C=O) groups excluding carboxylic acids is 5. The predicted molar refractivity (Wildman–Crippen MR) is 187 cm³/mol. The quantitative estimate of drug-likeness (QED) is 0.172. The van der Waals surface area contributed by atoms with Crippen LogP contribution < -0.4 is 21.7 Å². The van der Waals surface area contributed by atoms with E-state index in [0.29, 0.717) is 17.8 Å². The molecule has 0 saturated heterocycles. The molecule has 0 aromatic heterocycles. The number of methoxy groups -OCH3 is 1. The average Bonchev–Trinajstić information content (AvgIpc) is 3.04. The van der Waals surface area contributed by atoms with Crippen molar-refractivity contribution >= 4 is 35.4 Å². The molecule has 5 amide bonds. The lowest BCUT2D eigenvalue weighted by molar-refractivity contribution is -0.144. The van der Waals surface area contributed by atoms with Gasteiger partial charge in [0.2, 0.25) is 23.6 Å². The molecule has 0 heterocycles. The number of likely N-dealkylation sites (N-methyl/N-ethyl adjacent to an activating group) is 2. The number of benzene rings is 1. The van der Waals surface area contributed by atoms with Crippen molar-refractivity contribution in [2.24, 2.45) is 23.5 Å². The molecule has 1 aromatic rings. The van der Waals surface area contributed by atoms with Crippen LogP contribution in [0.15, 0.2) is 24.3 Å². The van der Waals surface area contributed by atoms with Crippen molar-refractivity contribution in [3.63, 3.8) is 0 Å². The number of hydrogen-bond donors (Lipinski definition) is 4. The Morgan fingerprint density at radius 2 is 1.48 bits per heavy atom. The second kappa shape index (κ2) is 20.6. The van der Waals surface area contributed by atoms with E-state index in [1.807, 2.05) is 48.5 Å². The zero-order valence-corrected chi connectivity index (χ0v) is 30.8. The normalized spacial score (nSPS) is 15.0. The maximum Gasteiger partial charge on any atom is 0.410 e. The van der Waals surface area contributed by atoms with Gasteiger partial charge in [0.1, 0.15) is 18.7 Å². The third kappa shape index (κ3) is 12.7. The Bertz CT molecular complexity index is 1190. The highest BCUT2D eigenvalue weighted by molar-refractivity contribution is 5.94. The molecule has 1 rings (SSSR count). The minimum Gasteiger partial charge on any atom is -0.445 e. The zero-order chi connectivity index (χ0) is 36.7. The summed E-state index contributed by atoms with van der Waals surface area (Å²) >= 11 is 0. The molecule has 0 spiro atoms. The number of anilines is 1. The van der Waals surface area contributed by atoms with Gasteiger partial charge in [-0.15, -0.1) is 0 Å². The largest absolute Gasteiger partial charge is 0.445 e. The molecule has 0 radical (unpaired) electrons. The molecule has 0 fully saturated rings. The third-order valence-electron chi connectivity index (χ3n) is 8.50. The summed E-state index contributed by atoms with van der Waals surface area (Å²) in [6, 6.07) is 3.89. The smallest absolute Gasteiger partial charge is 0.410 e. The molecule has 0 aliphatic heterocycles. The van der Waals surface area contributed by atoms with Crippen LogP contribution >= 0.6 is 0 Å². The SMILES string of the molecule is CCCNC(=O)C[C@@H](OC)[C@H]([C@@H](C)CC)N(C)C(=O)[C@@H](NC(=O)[C@H](C(C)C)N(C)C(=O)OCc1ccc(NC(=O)[C@H](C)N)cc1)C(C)C. The van der Waals surface area contributed by atoms with Gasteiger partial charge >= 0.3 is 6.09 Å². The Morgan fingerprint density at radius 1 is 0.875 bits per heavy atom. The van der Waals surface area contributed by atoms with E-state index < -0.39 is 42.3 Å². The van der Waals surface area contributed by atoms with Crippen LogP contribution in [0.1, 0.15) is 80.2 Å². The lowest BCUT2D eigenvalue weighted by Gasteiger charge is -2.40. The van der Waals surface area contributed by atoms with Gasteiger partial charge in [0.25, 0.3) is 0 Å². The lowest BCUT2D eigenvalue weighted by Crippen LogP contribution is -2.60. The summed E-state index contributed by atoms with van der Waals surface area (Å²) in [4.78, 5) is 68.2. The van der Waals surface area contributed by atoms with Crippen LogP contribution in [0.2, 0.25) is 0 Å². The summed E-state index contributed by atoms with van der Waals surface area (Å²) in [5, 5.41) is 8.48. The maximum atomic E-state index is 14.1. The topological polar surface area (TPSA) is 172 Å². The highest BCUT2D eigenvalue weighted by atomic mass is 16.6. The van der Waals surface area contributed by atoms with Gasteiger partial charge in [0.05, 0.1) is 24.6 Å². The van der Waals surface area contributed by atoms with Gasteiger partial charge in [-0.3, -0.25) is 24.1 Å². The van der Waals surface area contributed by atoms with E-state index in [-0.39, 0.29) is 48.5 Å². The van der Waals surface area contributed by atoms with Gasteiger partial charge in [-0.1, -0.05) is 67.0 Å². The molecule has 48 heavy (non-hydrogen) atoms. The standard InChI is InChI=1S/C35H60N6O7/c1-12-18-37-28(42)19-27(47-11)31(23(7)13-2)40(9)34(45)29(21(3)4)39-33(44)30(22(5)6)41(10)35(46)48-20-25-14-16-26(17-15-25)38-32(43)24(8)36/h14-17,21-24,27,29-31H,12-13,18-20,36H2,1-11H3,(H,37,42)(H,38,43)(H,39,44)/t23-,24-,27+,29-,30-,31-/m0/s1. The molecule has 5 N–H and O–H groups in total. The van der Waals surface area contributed by atoms with Crippen LogP contribution in [0.4, 0.5) is 10.5 Å². The zero-order valence-electron chi connectivity index (χ0n) is 30.8. The first-order valence-electron chi connectivity index (χ1n) is 16.9. The van der Waals surface area contributed by atoms with Crippen molar-refractivity contribution in [3.8, 4) is 0 Å². The molecule has 0 aliphatic carbocycles. The van der Waals surface area contributed by atoms with E-state index in [0.717, 1.165) is 12.8 Å². The summed E-state index contributed by atoms with van der Waals surface area (Å²) < 4.78 is 11.3. The number of carbonyl (C=O) groups is 5. The van der Waals surface area contributed by atoms with Gasteiger partial charge in [0.15, 0.2) is 0 Å². The van der Waals surface area contributed by atoms with Crippen LogP contribution in [-0.4, -0.2) is 97.5 Å². The van der Waals surface area contributed by atoms with Crippen molar-refractivity contribution in [1.82, 2.24) is 20.4 Å². The first-order chi connectivity index (χ1) is 22.5. The molecule has 6 atom stereocenters. The van der Waals surface area contributed by atoms with Crippen molar-refractivity contribution in [3.05, 3.63) is 29.8 Å². The number of nitrogens with two attached hydrogens (primary N) is 1. The molecule has 13 nitrogen and oxygen atoms in total. The Balaban J connectivity index is 3.08. The molecule has 0 aliphatic rings. The first-order valence-corrected chi connectivity index (χ1v) is 16.9. The van der Waals surface area contributed by atoms with Gasteiger partial charge in [0, 0.05) is 33.4 Å². The highest BCUT2D eigenvalue weighted by Crippen LogP contribution is 2.24. The summed E-state index contributed by atoms with van der Waals surface area (Å²) in [7, 11) is 4.70. The van der Waals surface area contributed by atoms with E-state index >= 15 is 0 Å². The fraction of sp³-hybridized carbons (Fsp3) is 0.686. The van der Waals surface area contributed by atoms with Crippen LogP contribution in [0.5, 0.6) is 0 Å². The second-order valence-electron chi connectivity index (χ2n) is 13.2. The Morgan fingerprint density at radius 3 is 1.96 bits per heavy atom. The van der Waals surface area contributed by atoms with Crippen molar-refractivity contribution in [2.75, 3.05) is 33.1 Å². The molecule has 272 valence electrons. The van der Waals surface area contributed by atoms with Gasteiger partial charge < -0.3 is 36.1 Å². The monoisotopic (exact) mass is 676 g/mol. The summed E-state index contributed by atoms with van der Waals surface area (Å²) in [6.07, 6.45) is 0.390. The maximum absolute atomic E-state index is 14.1. The van der Waals surface area contributed by atoms with Crippen molar-refractivity contribution in [1.29, 1.82) is 0 Å². The van der Waals surface area contributed by atoms with E-state index in [9.17, 15) is 24.0 Å². The summed E-state index contributed by atoms with van der Waals surface area (Å²) in [6.45, 7) is 15.4. The van der Waals surface area contributed by atoms with Crippen molar-refractivity contribution < 1.29 is 33.4 Å². The number of hydrogen-bond acceptors (Lipinski definition) is 8. The van der Waals surface area contributed by atoms with Crippen LogP contribution in [-0.2, 0) is 35.3 Å². The first kappa shape index (κ1) is 42.3. The van der Waals surface area contributed by atoms with Crippen molar-refractivity contribution in [2.45, 2.75) is 112 Å². The number of ether oxygens (including phenoxy) is 2. The molecule has 1 aromatic carbocycles. The van der Waals surface area contributed by atoms with Crippen LogP contribution in [0.3, 0.4) is 0 Å². The van der Waals surface area contributed by atoms with Gasteiger partial charge in [-0.2, -0.15) is 0 Å². The molecular weight excluding hydrogens is 616 g/mol. The minimum absolute atomic E-state index is 0.000280. The highest BCUT2D eigenvalue weighted by Gasteiger charge is 2.39. The Labute approximate surface area is 287 Å². The third-order valence-corrected chi connectivity index (χ3v) is 8.50. The number of nitrogens with one attached hydrogen (secondary N) is 3. The summed E-state index contributed by atoms with van der Waals surface area (Å²) in [5.74, 6) is -1.84. The Hall–Kier alpha value is -3.71. The fourth-order valence-corrected chi connectivity index (χ4v) is 5.45. The van der Waals surface area contributed by atoms with E-state index in [4.69, 9.17) is 15.2 Å². The minimum atomic E-state index is -0.924. The van der Waals surface area contributed by atoms with Crippen LogP contribution in [0.25, 0.3) is 0 Å². The summed E-state index contributed by atoms with van der Waals surface area (Å²) in [5.41, 5.74) is 6.84. The molecule has 0 bridgehead atoms. The molecule has 0 saturated carbocycles. The lowest BCUT2D eigenvalue weighted by atomic mass is 9.89. The molecule has 13 heteroatoms. The van der Waals surface area contributed by atoms with Gasteiger partial charge in [-0.25, -0.2) is 4.79 Å². The number of nitrogens with zero attached hydrogens (tertiary/aromatic N) is 2. The number of amides is 5. The van der Waals surface area contributed by atoms with E-state index in [1.165, 1.54) is 19.1 Å². The average molecular weight is 677 g/mol. The van der Waals surface area contributed by atoms with Crippen LogP contribution in [0, 0.1) is 17.8 Å². The van der Waals surface area contributed by atoms with E-state index in [1.54, 1.807) is 43.1 Å². The molecule has 0 unspecified atom stereocenters. The predicted octanol–water partition coefficient (Wildman–Crippen LogP) is 3.51. The molecular formula is C35H60N6O7. The van der Waals surface area contributed by atoms with Gasteiger partial charge in [-0.05, 0) is 48.8 Å². The fourth-order valence-electron chi connectivity index (χ4n) is 5.45. The number of rotatable bonds is 19. The second-order valence-corrected chi connectivity index (χ2v) is 13.2. The van der Waals surface area contributed by atoms with E-state index in [2.05, 4.69) is 16.0 Å². The Kier molecular flexibility index (Phi) is 18.2.